The summed E-state index contributed by atoms with van der Waals surface area (Å²) in [7, 11) is 0. The van der Waals surface area contributed by atoms with Crippen LogP contribution in [0.1, 0.15) is 12.5 Å². The molecule has 1 rings (SSSR count). The lowest BCUT2D eigenvalue weighted by Gasteiger charge is -2.01. The second-order valence-electron chi connectivity index (χ2n) is 3.06. The zero-order chi connectivity index (χ0) is 11.3. The van der Waals surface area contributed by atoms with Gasteiger partial charge in [0.1, 0.15) is 0 Å². The molecule has 0 aromatic heterocycles. The molecule has 0 saturated heterocycles. The van der Waals surface area contributed by atoms with E-state index in [1.54, 1.807) is 31.2 Å². The summed E-state index contributed by atoms with van der Waals surface area (Å²) in [6.45, 7) is 1.88. The quantitative estimate of drug-likeness (QED) is 0.453. The highest BCUT2D eigenvalue weighted by molar-refractivity contribution is 6.34. The third-order valence-corrected chi connectivity index (χ3v) is 1.85. The molecule has 0 aliphatic rings. The lowest BCUT2D eigenvalue weighted by Crippen LogP contribution is -2.19. The highest BCUT2D eigenvalue weighted by atomic mass is 16.5. The topological polar surface area (TPSA) is 69.4 Å². The van der Waals surface area contributed by atoms with Crippen molar-refractivity contribution in [3.63, 3.8) is 0 Å². The van der Waals surface area contributed by atoms with E-state index >= 15 is 0 Å². The maximum atomic E-state index is 11.3. The lowest BCUT2D eigenvalue weighted by molar-refractivity contribution is -0.153. The summed E-state index contributed by atoms with van der Waals surface area (Å²) in [6.07, 6.45) is 0.0547. The van der Waals surface area contributed by atoms with Gasteiger partial charge in [-0.25, -0.2) is 4.79 Å². The summed E-state index contributed by atoms with van der Waals surface area (Å²) >= 11 is 0. The fourth-order valence-corrected chi connectivity index (χ4v) is 1.10. The van der Waals surface area contributed by atoms with Crippen molar-refractivity contribution in [2.75, 3.05) is 12.3 Å². The van der Waals surface area contributed by atoms with Crippen molar-refractivity contribution >= 4 is 17.4 Å². The van der Waals surface area contributed by atoms with Crippen molar-refractivity contribution < 1.29 is 14.3 Å². The van der Waals surface area contributed by atoms with Crippen molar-refractivity contribution in [3.8, 4) is 0 Å². The number of rotatable bonds is 4. The molecule has 0 bridgehead atoms. The van der Waals surface area contributed by atoms with E-state index in [1.807, 2.05) is 0 Å². The van der Waals surface area contributed by atoms with Gasteiger partial charge in [-0.15, -0.1) is 0 Å². The number of carbonyl (C=O) groups is 2. The molecule has 0 heterocycles. The maximum Gasteiger partial charge on any atom is 0.374 e. The van der Waals surface area contributed by atoms with Gasteiger partial charge in [0, 0.05) is 12.1 Å². The second-order valence-corrected chi connectivity index (χ2v) is 3.06. The Hall–Kier alpha value is -1.84. The lowest BCUT2D eigenvalue weighted by atomic mass is 10.1. The van der Waals surface area contributed by atoms with Crippen LogP contribution in [0.5, 0.6) is 0 Å². The first-order valence-electron chi connectivity index (χ1n) is 4.68. The summed E-state index contributed by atoms with van der Waals surface area (Å²) in [5.41, 5.74) is 6.87. The number of benzene rings is 1. The molecule has 0 radical (unpaired) electrons. The van der Waals surface area contributed by atoms with Crippen LogP contribution in [0.4, 0.5) is 5.69 Å². The molecule has 4 nitrogen and oxygen atoms in total. The number of hydrogen-bond donors (Lipinski definition) is 1. The molecule has 0 saturated carbocycles. The fraction of sp³-hybridized carbons (Fsp3) is 0.273. The van der Waals surface area contributed by atoms with E-state index in [-0.39, 0.29) is 13.0 Å². The standard InChI is InChI=1S/C11H13NO3/c1-2-15-11(14)10(13)7-8-3-5-9(12)6-4-8/h3-6H,2,7,12H2,1H3. The van der Waals surface area contributed by atoms with Gasteiger partial charge >= 0.3 is 5.97 Å². The van der Waals surface area contributed by atoms with Gasteiger partial charge in [-0.05, 0) is 24.6 Å². The van der Waals surface area contributed by atoms with Gasteiger partial charge < -0.3 is 10.5 Å². The largest absolute Gasteiger partial charge is 0.460 e. The van der Waals surface area contributed by atoms with E-state index < -0.39 is 11.8 Å². The molecule has 0 unspecified atom stereocenters. The van der Waals surface area contributed by atoms with Gasteiger partial charge in [0.15, 0.2) is 0 Å². The van der Waals surface area contributed by atoms with E-state index in [0.717, 1.165) is 5.56 Å². The predicted molar refractivity (Wildman–Crippen MR) is 56.2 cm³/mol. The molecule has 0 amide bonds. The van der Waals surface area contributed by atoms with Crippen LogP contribution in [0.15, 0.2) is 24.3 Å². The number of ketones is 1. The minimum Gasteiger partial charge on any atom is -0.460 e. The van der Waals surface area contributed by atoms with Gasteiger partial charge in [0.05, 0.1) is 6.61 Å². The Morgan fingerprint density at radius 1 is 1.27 bits per heavy atom. The molecule has 0 aliphatic carbocycles. The summed E-state index contributed by atoms with van der Waals surface area (Å²) in [6, 6.07) is 6.81. The van der Waals surface area contributed by atoms with Crippen molar-refractivity contribution in [2.24, 2.45) is 0 Å². The van der Waals surface area contributed by atoms with E-state index in [9.17, 15) is 9.59 Å². The Balaban J connectivity index is 2.58. The SMILES string of the molecule is CCOC(=O)C(=O)Cc1ccc(N)cc1. The number of carbonyl (C=O) groups excluding carboxylic acids is 2. The van der Waals surface area contributed by atoms with Crippen LogP contribution in [0.25, 0.3) is 0 Å². The fourth-order valence-electron chi connectivity index (χ4n) is 1.10. The highest BCUT2D eigenvalue weighted by Crippen LogP contribution is 2.06. The van der Waals surface area contributed by atoms with Gasteiger partial charge in [0.25, 0.3) is 0 Å². The number of anilines is 1. The van der Waals surface area contributed by atoms with Crippen molar-refractivity contribution in [2.45, 2.75) is 13.3 Å². The molecule has 0 spiro atoms. The smallest absolute Gasteiger partial charge is 0.374 e. The van der Waals surface area contributed by atoms with Crippen LogP contribution >= 0.6 is 0 Å². The molecule has 1 aromatic carbocycles. The van der Waals surface area contributed by atoms with E-state index in [4.69, 9.17) is 5.73 Å². The first kappa shape index (κ1) is 11.2. The monoisotopic (exact) mass is 207 g/mol. The van der Waals surface area contributed by atoms with Crippen molar-refractivity contribution in [3.05, 3.63) is 29.8 Å². The molecule has 0 fully saturated rings. The summed E-state index contributed by atoms with van der Waals surface area (Å²) in [4.78, 5) is 22.3. The first-order chi connectivity index (χ1) is 7.13. The minimum absolute atomic E-state index is 0.0547. The Kier molecular flexibility index (Phi) is 3.85. The van der Waals surface area contributed by atoms with Crippen LogP contribution < -0.4 is 5.73 Å². The number of hydrogen-bond acceptors (Lipinski definition) is 4. The second kappa shape index (κ2) is 5.14. The summed E-state index contributed by atoms with van der Waals surface area (Å²) in [5.74, 6) is -1.32. The summed E-state index contributed by atoms with van der Waals surface area (Å²) < 4.78 is 4.59. The number of esters is 1. The maximum absolute atomic E-state index is 11.3. The molecular formula is C11H13NO3. The summed E-state index contributed by atoms with van der Waals surface area (Å²) in [5, 5.41) is 0. The Labute approximate surface area is 88.0 Å². The minimum atomic E-state index is -0.783. The van der Waals surface area contributed by atoms with Crippen LogP contribution in [-0.2, 0) is 20.7 Å². The highest BCUT2D eigenvalue weighted by Gasteiger charge is 2.14. The molecule has 80 valence electrons. The Bertz CT molecular complexity index is 357. The number of ether oxygens (including phenoxy) is 1. The van der Waals surface area contributed by atoms with Crippen molar-refractivity contribution in [1.29, 1.82) is 0 Å². The van der Waals surface area contributed by atoms with Crippen LogP contribution in [0.3, 0.4) is 0 Å². The zero-order valence-electron chi connectivity index (χ0n) is 8.53. The van der Waals surface area contributed by atoms with Gasteiger partial charge in [0.2, 0.25) is 5.78 Å². The third kappa shape index (κ3) is 3.42. The third-order valence-electron chi connectivity index (χ3n) is 1.85. The van der Waals surface area contributed by atoms with Crippen molar-refractivity contribution in [1.82, 2.24) is 0 Å². The molecule has 1 aromatic rings. The molecule has 15 heavy (non-hydrogen) atoms. The van der Waals surface area contributed by atoms with Crippen LogP contribution in [-0.4, -0.2) is 18.4 Å². The first-order valence-corrected chi connectivity index (χ1v) is 4.68. The van der Waals surface area contributed by atoms with E-state index in [1.165, 1.54) is 0 Å². The number of Topliss-reactive ketones (excluding diaryl/α,β-unsaturated/α-hetero) is 1. The molecule has 0 atom stereocenters. The number of nitrogen functional groups attached to an aromatic ring is 1. The molecule has 4 heteroatoms. The van der Waals surface area contributed by atoms with Crippen LogP contribution in [0, 0.1) is 0 Å². The molecular weight excluding hydrogens is 194 g/mol. The molecule has 2 N–H and O–H groups in total. The van der Waals surface area contributed by atoms with Gasteiger partial charge in [-0.2, -0.15) is 0 Å². The molecule has 0 aliphatic heterocycles. The predicted octanol–water partition coefficient (Wildman–Crippen LogP) is 0.943. The average molecular weight is 207 g/mol. The van der Waals surface area contributed by atoms with E-state index in [2.05, 4.69) is 4.74 Å². The van der Waals surface area contributed by atoms with Gasteiger partial charge in [-0.3, -0.25) is 4.79 Å². The van der Waals surface area contributed by atoms with Gasteiger partial charge in [-0.1, -0.05) is 12.1 Å². The van der Waals surface area contributed by atoms with Crippen LogP contribution in [0.2, 0.25) is 0 Å². The average Bonchev–Trinajstić information content (AvgIpc) is 2.22. The normalized spacial score (nSPS) is 9.67. The number of nitrogens with two attached hydrogens (primary N) is 1. The zero-order valence-corrected chi connectivity index (χ0v) is 8.53. The Morgan fingerprint density at radius 3 is 2.40 bits per heavy atom. The Morgan fingerprint density at radius 2 is 1.87 bits per heavy atom. The van der Waals surface area contributed by atoms with E-state index in [0.29, 0.717) is 5.69 Å².